The number of methoxy groups -OCH3 is 1. The summed E-state index contributed by atoms with van der Waals surface area (Å²) in [6.07, 6.45) is 1.05. The van der Waals surface area contributed by atoms with Gasteiger partial charge in [0.1, 0.15) is 6.04 Å². The van der Waals surface area contributed by atoms with Gasteiger partial charge in [-0.15, -0.1) is 0 Å². The molecule has 0 aliphatic carbocycles. The molecule has 0 aliphatic rings. The van der Waals surface area contributed by atoms with Crippen molar-refractivity contribution in [2.75, 3.05) is 7.11 Å². The van der Waals surface area contributed by atoms with Gasteiger partial charge in [-0.2, -0.15) is 9.11 Å². The van der Waals surface area contributed by atoms with Gasteiger partial charge in [0.05, 0.1) is 16.9 Å². The third-order valence-corrected chi connectivity index (χ3v) is 4.86. The first kappa shape index (κ1) is 19.4. The van der Waals surface area contributed by atoms with Crippen LogP contribution in [0.15, 0.2) is 47.5 Å². The number of aromatic nitrogens is 1. The van der Waals surface area contributed by atoms with Crippen LogP contribution in [-0.2, 0) is 26.0 Å². The summed E-state index contributed by atoms with van der Waals surface area (Å²) in [7, 11) is -3.06. The number of hydrogen-bond donors (Lipinski definition) is 1. The molecule has 0 fully saturated rings. The van der Waals surface area contributed by atoms with Gasteiger partial charge in [0.2, 0.25) is 16.0 Å². The van der Waals surface area contributed by atoms with E-state index < -0.39 is 32.9 Å². The third kappa shape index (κ3) is 4.80. The Kier molecular flexibility index (Phi) is 5.95. The minimum Gasteiger partial charge on any atom is -0.468 e. The van der Waals surface area contributed by atoms with Crippen LogP contribution in [0.1, 0.15) is 5.56 Å². The second-order valence-electron chi connectivity index (χ2n) is 5.14. The Morgan fingerprint density at radius 3 is 2.46 bits per heavy atom. The van der Waals surface area contributed by atoms with Gasteiger partial charge in [0.15, 0.2) is 0 Å². The normalized spacial score (nSPS) is 12.4. The number of nitro groups is 1. The van der Waals surface area contributed by atoms with Crippen LogP contribution < -0.4 is 4.72 Å². The number of nitro benzene ring substituents is 1. The van der Waals surface area contributed by atoms with Crippen LogP contribution in [-0.4, -0.2) is 37.4 Å². The molecule has 1 atom stereocenters. The van der Waals surface area contributed by atoms with Crippen LogP contribution in [0.5, 0.6) is 0 Å². The zero-order valence-electron chi connectivity index (χ0n) is 13.5. The quantitative estimate of drug-likeness (QED) is 0.329. The molecule has 9 nitrogen and oxygen atoms in total. The predicted octanol–water partition coefficient (Wildman–Crippen LogP) is 1.19. The zero-order valence-corrected chi connectivity index (χ0v) is 14.3. The molecule has 0 saturated carbocycles. The lowest BCUT2D eigenvalue weighted by Gasteiger charge is -2.16. The molecule has 0 unspecified atom stereocenters. The van der Waals surface area contributed by atoms with Crippen molar-refractivity contribution < 1.29 is 27.3 Å². The lowest BCUT2D eigenvalue weighted by Crippen LogP contribution is -2.43. The average molecular weight is 383 g/mol. The molecule has 1 N–H and O–H groups in total. The summed E-state index contributed by atoms with van der Waals surface area (Å²) in [6, 6.07) is 5.32. The van der Waals surface area contributed by atoms with E-state index >= 15 is 0 Å². The number of rotatable bonds is 7. The maximum Gasteiger partial charge on any atom is 0.324 e. The van der Waals surface area contributed by atoms with Crippen molar-refractivity contribution in [1.82, 2.24) is 9.71 Å². The number of ether oxygens (including phenoxy) is 1. The fraction of sp³-hybridized carbons (Fsp3) is 0.200. The molecule has 11 heteroatoms. The Labute approximate surface area is 148 Å². The first-order chi connectivity index (χ1) is 12.2. The molecule has 26 heavy (non-hydrogen) atoms. The maximum atomic E-state index is 12.9. The molecule has 1 aromatic carbocycles. The molecule has 2 aromatic rings. The van der Waals surface area contributed by atoms with E-state index in [1.165, 1.54) is 12.3 Å². The molecule has 0 amide bonds. The van der Waals surface area contributed by atoms with Crippen LogP contribution in [0.2, 0.25) is 0 Å². The Hall–Kier alpha value is -2.92. The lowest BCUT2D eigenvalue weighted by atomic mass is 10.1. The lowest BCUT2D eigenvalue weighted by molar-refractivity contribution is -0.384. The fourth-order valence-corrected chi connectivity index (χ4v) is 3.27. The minimum absolute atomic E-state index is 0.119. The van der Waals surface area contributed by atoms with E-state index in [4.69, 9.17) is 0 Å². The molecule has 0 saturated heterocycles. The molecular formula is C15H14FN3O6S. The van der Waals surface area contributed by atoms with Gasteiger partial charge < -0.3 is 4.74 Å². The van der Waals surface area contributed by atoms with Crippen LogP contribution in [0.3, 0.4) is 0 Å². The number of hydrogen-bond acceptors (Lipinski definition) is 7. The number of pyridine rings is 1. The Balaban J connectivity index is 2.24. The number of carbonyl (C=O) groups is 1. The Bertz CT molecular complexity index is 900. The van der Waals surface area contributed by atoms with Crippen molar-refractivity contribution in [3.63, 3.8) is 0 Å². The van der Waals surface area contributed by atoms with Crippen LogP contribution in [0, 0.1) is 16.1 Å². The number of sulfonamides is 1. The fourth-order valence-electron chi connectivity index (χ4n) is 2.08. The third-order valence-electron chi connectivity index (χ3n) is 3.37. The summed E-state index contributed by atoms with van der Waals surface area (Å²) in [4.78, 5) is 25.1. The van der Waals surface area contributed by atoms with E-state index in [-0.39, 0.29) is 17.0 Å². The summed E-state index contributed by atoms with van der Waals surface area (Å²) in [5.74, 6) is -1.56. The highest BCUT2D eigenvalue weighted by molar-refractivity contribution is 7.89. The number of benzene rings is 1. The van der Waals surface area contributed by atoms with E-state index in [1.54, 1.807) is 0 Å². The summed E-state index contributed by atoms with van der Waals surface area (Å²) in [5.41, 5.74) is 0.138. The summed E-state index contributed by atoms with van der Waals surface area (Å²) in [6.45, 7) is 0. The number of halogens is 1. The minimum atomic E-state index is -4.15. The first-order valence-corrected chi connectivity index (χ1v) is 8.66. The molecule has 2 rings (SSSR count). The van der Waals surface area contributed by atoms with Crippen LogP contribution in [0.25, 0.3) is 0 Å². The van der Waals surface area contributed by atoms with Gasteiger partial charge in [-0.25, -0.2) is 13.4 Å². The van der Waals surface area contributed by atoms with E-state index in [2.05, 4.69) is 14.4 Å². The molecule has 138 valence electrons. The van der Waals surface area contributed by atoms with Gasteiger partial charge in [-0.1, -0.05) is 6.07 Å². The first-order valence-electron chi connectivity index (χ1n) is 7.18. The largest absolute Gasteiger partial charge is 0.468 e. The van der Waals surface area contributed by atoms with Crippen molar-refractivity contribution >= 4 is 21.7 Å². The molecule has 0 bridgehead atoms. The van der Waals surface area contributed by atoms with E-state index in [0.29, 0.717) is 5.56 Å². The summed E-state index contributed by atoms with van der Waals surface area (Å²) in [5, 5.41) is 10.6. The van der Waals surface area contributed by atoms with Crippen molar-refractivity contribution in [1.29, 1.82) is 0 Å². The average Bonchev–Trinajstić information content (AvgIpc) is 2.62. The Morgan fingerprint density at radius 1 is 1.31 bits per heavy atom. The molecule has 1 aromatic heterocycles. The number of esters is 1. The number of carbonyl (C=O) groups excluding carboxylic acids is 1. The summed E-state index contributed by atoms with van der Waals surface area (Å²) < 4.78 is 44.5. The number of nitrogens with one attached hydrogen (secondary N) is 1. The van der Waals surface area contributed by atoms with E-state index in [9.17, 15) is 27.7 Å². The SMILES string of the molecule is COC(=O)[C@H](Cc1ccc(F)nc1)NS(=O)(=O)c1ccc([N+](=O)[O-])cc1. The van der Waals surface area contributed by atoms with E-state index in [1.807, 2.05) is 0 Å². The number of non-ortho nitro benzene ring substituents is 1. The second-order valence-corrected chi connectivity index (χ2v) is 6.86. The highest BCUT2D eigenvalue weighted by atomic mass is 32.2. The second kappa shape index (κ2) is 7.97. The van der Waals surface area contributed by atoms with Gasteiger partial charge in [0, 0.05) is 24.8 Å². The standard InChI is InChI=1S/C15H14FN3O6S/c1-25-15(20)13(8-10-2-7-14(16)17-9-10)18-26(23,24)12-5-3-11(4-6-12)19(21)22/h2-7,9,13,18H,8H2,1H3/t13-/m0/s1. The van der Waals surface area contributed by atoms with Crippen LogP contribution >= 0.6 is 0 Å². The number of nitrogens with zero attached hydrogens (tertiary/aromatic N) is 2. The Morgan fingerprint density at radius 2 is 1.96 bits per heavy atom. The van der Waals surface area contributed by atoms with Gasteiger partial charge in [0.25, 0.3) is 5.69 Å². The van der Waals surface area contributed by atoms with Gasteiger partial charge in [-0.3, -0.25) is 14.9 Å². The van der Waals surface area contributed by atoms with Crippen molar-refractivity contribution in [2.24, 2.45) is 0 Å². The highest BCUT2D eigenvalue weighted by Gasteiger charge is 2.27. The zero-order chi connectivity index (χ0) is 19.3. The molecule has 0 radical (unpaired) electrons. The molecule has 1 heterocycles. The van der Waals surface area contributed by atoms with E-state index in [0.717, 1.165) is 37.4 Å². The predicted molar refractivity (Wildman–Crippen MR) is 87.1 cm³/mol. The van der Waals surface area contributed by atoms with Crippen molar-refractivity contribution in [3.05, 3.63) is 64.2 Å². The highest BCUT2D eigenvalue weighted by Crippen LogP contribution is 2.17. The molecular weight excluding hydrogens is 369 g/mol. The van der Waals surface area contributed by atoms with Crippen molar-refractivity contribution in [3.8, 4) is 0 Å². The van der Waals surface area contributed by atoms with Crippen molar-refractivity contribution in [2.45, 2.75) is 17.4 Å². The molecule has 0 spiro atoms. The monoisotopic (exact) mass is 383 g/mol. The summed E-state index contributed by atoms with van der Waals surface area (Å²) >= 11 is 0. The molecule has 0 aliphatic heterocycles. The van der Waals surface area contributed by atoms with Gasteiger partial charge >= 0.3 is 5.97 Å². The maximum absolute atomic E-state index is 12.9. The topological polar surface area (TPSA) is 128 Å². The van der Waals surface area contributed by atoms with Crippen LogP contribution in [0.4, 0.5) is 10.1 Å². The smallest absolute Gasteiger partial charge is 0.324 e. The van der Waals surface area contributed by atoms with Gasteiger partial charge in [-0.05, 0) is 23.8 Å².